The maximum atomic E-state index is 13.5. The number of likely N-dealkylation sites (N-methyl/N-ethyl adjacent to an activating group) is 1. The smallest absolute Gasteiger partial charge is 0.228 e. The summed E-state index contributed by atoms with van der Waals surface area (Å²) in [7, 11) is 5.75. The lowest BCUT2D eigenvalue weighted by molar-refractivity contribution is -0.118. The Labute approximate surface area is 237 Å². The molecular weight excluding hydrogens is 507 g/mol. The first-order valence-corrected chi connectivity index (χ1v) is 14.3. The van der Waals surface area contributed by atoms with Gasteiger partial charge >= 0.3 is 0 Å². The first-order chi connectivity index (χ1) is 18.7. The quantitative estimate of drug-likeness (QED) is 0.201. The van der Waals surface area contributed by atoms with Gasteiger partial charge in [0.05, 0.1) is 6.54 Å². The molecular formula is C32H41FN4OS. The molecule has 0 heterocycles. The molecule has 0 spiro atoms. The number of amides is 1. The van der Waals surface area contributed by atoms with Crippen molar-refractivity contribution in [2.24, 2.45) is 10.1 Å². The van der Waals surface area contributed by atoms with Gasteiger partial charge in [-0.1, -0.05) is 48.9 Å². The number of amidine groups is 1. The van der Waals surface area contributed by atoms with Gasteiger partial charge in [-0.25, -0.2) is 4.39 Å². The molecule has 1 aliphatic rings. The van der Waals surface area contributed by atoms with Crippen molar-refractivity contribution in [3.63, 3.8) is 0 Å². The summed E-state index contributed by atoms with van der Waals surface area (Å²) >= 11 is 1.04. The summed E-state index contributed by atoms with van der Waals surface area (Å²) in [6.07, 6.45) is 5.22. The summed E-state index contributed by atoms with van der Waals surface area (Å²) < 4.78 is 12.3. The van der Waals surface area contributed by atoms with Crippen LogP contribution in [0.3, 0.4) is 0 Å². The van der Waals surface area contributed by atoms with Gasteiger partial charge in [0.25, 0.3) is 0 Å². The molecule has 0 radical (unpaired) electrons. The maximum absolute atomic E-state index is 13.5. The average Bonchev–Trinajstić information content (AvgIpc) is 2.93. The molecule has 1 amide bonds. The van der Waals surface area contributed by atoms with Gasteiger partial charge in [-0.15, -0.1) is 0 Å². The third-order valence-corrected chi connectivity index (χ3v) is 7.60. The number of rotatable bonds is 7. The van der Waals surface area contributed by atoms with Crippen molar-refractivity contribution in [1.82, 2.24) is 4.90 Å². The van der Waals surface area contributed by atoms with Crippen molar-refractivity contribution in [1.29, 1.82) is 0 Å². The maximum Gasteiger partial charge on any atom is 0.228 e. The van der Waals surface area contributed by atoms with Crippen LogP contribution in [0.2, 0.25) is 0 Å². The zero-order chi connectivity index (χ0) is 28.4. The molecule has 0 saturated carbocycles. The summed E-state index contributed by atoms with van der Waals surface area (Å²) in [5.74, 6) is 0.955. The molecule has 0 saturated heterocycles. The molecule has 3 aromatic carbocycles. The van der Waals surface area contributed by atoms with Crippen LogP contribution in [0, 0.1) is 12.7 Å². The van der Waals surface area contributed by atoms with E-state index in [4.69, 9.17) is 5.14 Å². The van der Waals surface area contributed by atoms with Gasteiger partial charge < -0.3 is 9.80 Å². The molecule has 3 aromatic rings. The number of anilines is 1. The summed E-state index contributed by atoms with van der Waals surface area (Å²) in [5, 5.41) is 5.17. The van der Waals surface area contributed by atoms with Gasteiger partial charge in [0.15, 0.2) is 0 Å². The number of benzene rings is 3. The van der Waals surface area contributed by atoms with Crippen molar-refractivity contribution in [3.8, 4) is 0 Å². The molecule has 39 heavy (non-hydrogen) atoms. The Morgan fingerprint density at radius 2 is 1.72 bits per heavy atom. The fourth-order valence-electron chi connectivity index (χ4n) is 4.69. The Morgan fingerprint density at radius 3 is 2.31 bits per heavy atom. The van der Waals surface area contributed by atoms with E-state index in [2.05, 4.69) is 61.3 Å². The number of aliphatic imine (C=N–C) groups is 1. The SMILES string of the molecule is CN=C(CN(C(=O)C[C@H](C)c1ccc(C)cc1)c1ccc2c(c1)CCCC2)N(C)C.NSc1cccc(F)c1. The van der Waals surface area contributed by atoms with Crippen LogP contribution >= 0.6 is 11.9 Å². The van der Waals surface area contributed by atoms with E-state index in [0.717, 1.165) is 41.2 Å². The van der Waals surface area contributed by atoms with E-state index < -0.39 is 0 Å². The molecule has 1 atom stereocenters. The molecule has 0 unspecified atom stereocenters. The lowest BCUT2D eigenvalue weighted by Gasteiger charge is -2.29. The molecule has 4 rings (SSSR count). The number of hydrogen-bond acceptors (Lipinski definition) is 4. The molecule has 2 N–H and O–H groups in total. The molecule has 208 valence electrons. The summed E-state index contributed by atoms with van der Waals surface area (Å²) in [4.78, 5) is 22.6. The first kappa shape index (κ1) is 30.4. The highest BCUT2D eigenvalue weighted by Gasteiger charge is 2.23. The fraction of sp³-hybridized carbons (Fsp3) is 0.375. The topological polar surface area (TPSA) is 61.9 Å². The second-order valence-corrected chi connectivity index (χ2v) is 11.0. The van der Waals surface area contributed by atoms with E-state index in [0.29, 0.717) is 13.0 Å². The number of carbonyl (C=O) groups is 1. The van der Waals surface area contributed by atoms with E-state index >= 15 is 0 Å². The predicted molar refractivity (Wildman–Crippen MR) is 163 cm³/mol. The normalized spacial score (nSPS) is 13.6. The Bertz CT molecular complexity index is 1260. The fourth-order valence-corrected chi connectivity index (χ4v) is 5.03. The van der Waals surface area contributed by atoms with Crippen LogP contribution in [0.25, 0.3) is 0 Å². The van der Waals surface area contributed by atoms with E-state index in [-0.39, 0.29) is 17.6 Å². The minimum absolute atomic E-state index is 0.141. The monoisotopic (exact) mass is 548 g/mol. The van der Waals surface area contributed by atoms with Crippen LogP contribution in [0.5, 0.6) is 0 Å². The van der Waals surface area contributed by atoms with Crippen molar-refractivity contribution < 1.29 is 9.18 Å². The molecule has 0 bridgehead atoms. The first-order valence-electron chi connectivity index (χ1n) is 13.5. The van der Waals surface area contributed by atoms with E-state index in [1.807, 2.05) is 23.9 Å². The summed E-state index contributed by atoms with van der Waals surface area (Å²) in [5.41, 5.74) is 6.25. The average molecular weight is 549 g/mol. The number of carbonyl (C=O) groups excluding carboxylic acids is 1. The number of aryl methyl sites for hydroxylation is 3. The van der Waals surface area contributed by atoms with Gasteiger partial charge in [-0.2, -0.15) is 0 Å². The highest BCUT2D eigenvalue weighted by atomic mass is 32.2. The molecule has 0 fully saturated rings. The Hall–Kier alpha value is -3.16. The molecule has 7 heteroatoms. The van der Waals surface area contributed by atoms with Gasteiger partial charge in [0, 0.05) is 38.1 Å². The van der Waals surface area contributed by atoms with Crippen LogP contribution in [0.15, 0.2) is 76.6 Å². The Balaban J connectivity index is 0.000000395. The summed E-state index contributed by atoms with van der Waals surface area (Å²) in [6, 6.07) is 21.2. The van der Waals surface area contributed by atoms with Crippen molar-refractivity contribution >= 4 is 29.4 Å². The van der Waals surface area contributed by atoms with Gasteiger partial charge in [0.1, 0.15) is 11.7 Å². The minimum Gasteiger partial charge on any atom is -0.365 e. The largest absolute Gasteiger partial charge is 0.365 e. The number of nitrogens with zero attached hydrogens (tertiary/aromatic N) is 3. The highest BCUT2D eigenvalue weighted by Crippen LogP contribution is 2.28. The second-order valence-electron chi connectivity index (χ2n) is 10.3. The molecule has 0 aromatic heterocycles. The van der Waals surface area contributed by atoms with Crippen LogP contribution in [0.4, 0.5) is 10.1 Å². The minimum atomic E-state index is -0.245. The molecule has 0 aliphatic heterocycles. The van der Waals surface area contributed by atoms with Crippen LogP contribution < -0.4 is 10.0 Å². The number of halogens is 1. The van der Waals surface area contributed by atoms with E-state index in [9.17, 15) is 9.18 Å². The Kier molecular flexibility index (Phi) is 11.6. The number of fused-ring (bicyclic) bond motifs is 1. The molecule has 1 aliphatic carbocycles. The van der Waals surface area contributed by atoms with E-state index in [1.54, 1.807) is 19.2 Å². The van der Waals surface area contributed by atoms with Gasteiger partial charge in [0.2, 0.25) is 5.91 Å². The Morgan fingerprint density at radius 1 is 1.03 bits per heavy atom. The third-order valence-electron chi connectivity index (χ3n) is 7.08. The van der Waals surface area contributed by atoms with Crippen LogP contribution in [-0.4, -0.2) is 44.3 Å². The van der Waals surface area contributed by atoms with Crippen molar-refractivity contribution in [2.75, 3.05) is 32.6 Å². The van der Waals surface area contributed by atoms with Crippen molar-refractivity contribution in [2.45, 2.75) is 56.8 Å². The zero-order valence-corrected chi connectivity index (χ0v) is 24.6. The zero-order valence-electron chi connectivity index (χ0n) is 23.8. The van der Waals surface area contributed by atoms with Crippen LogP contribution in [0.1, 0.15) is 54.4 Å². The second kappa shape index (κ2) is 14.8. The predicted octanol–water partition coefficient (Wildman–Crippen LogP) is 6.78. The van der Waals surface area contributed by atoms with E-state index in [1.165, 1.54) is 47.2 Å². The highest BCUT2D eigenvalue weighted by molar-refractivity contribution is 7.97. The number of hydrogen-bond donors (Lipinski definition) is 1. The van der Waals surface area contributed by atoms with Gasteiger partial charge in [-0.05, 0) is 97.5 Å². The molecule has 5 nitrogen and oxygen atoms in total. The van der Waals surface area contributed by atoms with Crippen molar-refractivity contribution in [3.05, 3.63) is 94.8 Å². The lowest BCUT2D eigenvalue weighted by atomic mass is 9.91. The standard InChI is InChI=1S/C26H35N3O.C6H6FNS/c1-19-10-12-21(13-11-19)20(2)16-26(30)29(18-25(27-3)28(4)5)24-15-14-22-8-6-7-9-23(22)17-24;7-5-2-1-3-6(4-5)9-8/h10-15,17,20H,6-9,16,18H2,1-5H3;1-4H,8H2/t20-;/m0./s1. The third kappa shape index (κ3) is 8.94. The van der Waals surface area contributed by atoms with Crippen LogP contribution in [-0.2, 0) is 17.6 Å². The number of nitrogens with two attached hydrogens (primary N) is 1. The lowest BCUT2D eigenvalue weighted by Crippen LogP contribution is -2.41. The summed E-state index contributed by atoms with van der Waals surface area (Å²) in [6.45, 7) is 4.71. The van der Waals surface area contributed by atoms with Gasteiger partial charge in [-0.3, -0.25) is 14.9 Å².